The molecule has 0 unspecified atom stereocenters. The number of halogens is 2. The molecule has 1 aromatic heterocycles. The summed E-state index contributed by atoms with van der Waals surface area (Å²) < 4.78 is 4.42. The summed E-state index contributed by atoms with van der Waals surface area (Å²) in [7, 11) is 1.31. The zero-order chi connectivity index (χ0) is 17.0. The van der Waals surface area contributed by atoms with E-state index in [-0.39, 0.29) is 11.6 Å². The van der Waals surface area contributed by atoms with Crippen molar-refractivity contribution in [3.8, 4) is 0 Å². The molecule has 1 aliphatic rings. The molecular formula is C16H16Br2N2O3. The van der Waals surface area contributed by atoms with Crippen LogP contribution in [0.25, 0.3) is 10.9 Å². The molecule has 3 rings (SSSR count). The maximum absolute atomic E-state index is 12.7. The molecule has 0 spiro atoms. The van der Waals surface area contributed by atoms with E-state index < -0.39 is 14.6 Å². The quantitative estimate of drug-likeness (QED) is 0.554. The van der Waals surface area contributed by atoms with Crippen LogP contribution in [-0.4, -0.2) is 27.2 Å². The number of fused-ring (bicyclic) bond motifs is 1. The Bertz CT molecular complexity index is 828. The summed E-state index contributed by atoms with van der Waals surface area (Å²) in [5, 5.41) is 3.69. The van der Waals surface area contributed by atoms with Crippen LogP contribution in [0, 0.1) is 12.3 Å². The van der Waals surface area contributed by atoms with E-state index in [4.69, 9.17) is 4.74 Å². The molecule has 1 saturated carbocycles. The molecule has 122 valence electrons. The smallest absolute Gasteiger partial charge is 0.356 e. The summed E-state index contributed by atoms with van der Waals surface area (Å²) in [6.45, 7) is 3.82. The van der Waals surface area contributed by atoms with Crippen LogP contribution in [0.5, 0.6) is 0 Å². The zero-order valence-electron chi connectivity index (χ0n) is 12.9. The average Bonchev–Trinajstić information content (AvgIpc) is 2.85. The highest BCUT2D eigenvalue weighted by Gasteiger charge is 2.66. The molecule has 0 radical (unpaired) electrons. The highest BCUT2D eigenvalue weighted by Crippen LogP contribution is 2.66. The van der Waals surface area contributed by atoms with Gasteiger partial charge in [0.25, 0.3) is 0 Å². The Hall–Kier alpha value is -1.34. The van der Waals surface area contributed by atoms with E-state index in [1.54, 1.807) is 0 Å². The van der Waals surface area contributed by atoms with Crippen molar-refractivity contribution in [1.82, 2.24) is 4.98 Å². The molecule has 0 bridgehead atoms. The largest absolute Gasteiger partial charge is 0.464 e. The topological polar surface area (TPSA) is 71.2 Å². The molecule has 1 fully saturated rings. The molecule has 1 amide bonds. The number of carbonyl (C=O) groups excluding carboxylic acids is 2. The third-order valence-corrected chi connectivity index (χ3v) is 6.65. The highest BCUT2D eigenvalue weighted by molar-refractivity contribution is 9.25. The van der Waals surface area contributed by atoms with E-state index in [2.05, 4.69) is 42.2 Å². The fourth-order valence-corrected chi connectivity index (χ4v) is 4.07. The summed E-state index contributed by atoms with van der Waals surface area (Å²) in [4.78, 5) is 27.7. The molecular weight excluding hydrogens is 428 g/mol. The molecule has 2 N–H and O–H groups in total. The lowest BCUT2D eigenvalue weighted by Crippen LogP contribution is -2.26. The van der Waals surface area contributed by atoms with Gasteiger partial charge in [-0.2, -0.15) is 0 Å². The minimum absolute atomic E-state index is 0.154. The predicted octanol–water partition coefficient (Wildman–Crippen LogP) is 4.10. The van der Waals surface area contributed by atoms with Crippen LogP contribution in [0.2, 0.25) is 0 Å². The van der Waals surface area contributed by atoms with Gasteiger partial charge in [-0.15, -0.1) is 0 Å². The molecule has 0 saturated heterocycles. The van der Waals surface area contributed by atoms with Gasteiger partial charge in [0, 0.05) is 10.9 Å². The van der Waals surface area contributed by atoms with Gasteiger partial charge in [0.1, 0.15) is 5.69 Å². The van der Waals surface area contributed by atoms with Crippen LogP contribution in [0.1, 0.15) is 29.4 Å². The summed E-state index contributed by atoms with van der Waals surface area (Å²) in [6.07, 6.45) is 0.667. The van der Waals surface area contributed by atoms with Crippen molar-refractivity contribution in [2.24, 2.45) is 5.41 Å². The van der Waals surface area contributed by atoms with Gasteiger partial charge in [0.05, 0.1) is 21.4 Å². The monoisotopic (exact) mass is 442 g/mol. The molecule has 1 aromatic carbocycles. The molecule has 5 nitrogen and oxygen atoms in total. The standard InChI is InChI=1S/C16H16Br2N2O3/c1-8-4-5-10-9(6-8)11(12(19-10)13(21)23-3)20-14(22)15(2)7-16(15,17)18/h4-6,19H,7H2,1-3H3,(H,20,22)/t15-/m1/s1. The van der Waals surface area contributed by atoms with Crippen molar-refractivity contribution in [1.29, 1.82) is 0 Å². The Morgan fingerprint density at radius 3 is 2.57 bits per heavy atom. The summed E-state index contributed by atoms with van der Waals surface area (Å²) in [5.41, 5.74) is 1.95. The van der Waals surface area contributed by atoms with Crippen molar-refractivity contribution >= 4 is 60.3 Å². The van der Waals surface area contributed by atoms with E-state index >= 15 is 0 Å². The van der Waals surface area contributed by atoms with Gasteiger partial charge in [0.15, 0.2) is 0 Å². The van der Waals surface area contributed by atoms with Crippen LogP contribution in [-0.2, 0) is 9.53 Å². The number of alkyl halides is 2. The number of nitrogens with one attached hydrogen (secondary N) is 2. The van der Waals surface area contributed by atoms with Crippen molar-refractivity contribution in [3.05, 3.63) is 29.5 Å². The Kier molecular flexibility index (Phi) is 3.84. The maximum Gasteiger partial charge on any atom is 0.356 e. The Morgan fingerprint density at radius 2 is 2.00 bits per heavy atom. The van der Waals surface area contributed by atoms with Crippen LogP contribution < -0.4 is 5.32 Å². The van der Waals surface area contributed by atoms with Crippen molar-refractivity contribution < 1.29 is 14.3 Å². The third-order valence-electron chi connectivity index (χ3n) is 4.34. The summed E-state index contributed by atoms with van der Waals surface area (Å²) in [6, 6.07) is 5.75. The lowest BCUT2D eigenvalue weighted by molar-refractivity contribution is -0.120. The number of H-pyrrole nitrogens is 1. The molecule has 1 aliphatic carbocycles. The molecule has 1 heterocycles. The lowest BCUT2D eigenvalue weighted by Gasteiger charge is -2.13. The number of methoxy groups -OCH3 is 1. The van der Waals surface area contributed by atoms with Gasteiger partial charge >= 0.3 is 5.97 Å². The Balaban J connectivity index is 2.06. The Labute approximate surface area is 150 Å². The minimum Gasteiger partial charge on any atom is -0.464 e. The number of aromatic nitrogens is 1. The first-order chi connectivity index (χ1) is 10.7. The number of esters is 1. The minimum atomic E-state index is -0.576. The number of amides is 1. The van der Waals surface area contributed by atoms with Crippen LogP contribution in [0.4, 0.5) is 5.69 Å². The van der Waals surface area contributed by atoms with Gasteiger partial charge in [0.2, 0.25) is 5.91 Å². The molecule has 2 aromatic rings. The number of rotatable bonds is 3. The van der Waals surface area contributed by atoms with E-state index in [0.717, 1.165) is 16.5 Å². The van der Waals surface area contributed by atoms with E-state index in [1.807, 2.05) is 32.0 Å². The summed E-state index contributed by atoms with van der Waals surface area (Å²) in [5.74, 6) is -0.669. The van der Waals surface area contributed by atoms with Crippen molar-refractivity contribution in [2.45, 2.75) is 23.5 Å². The second-order valence-electron chi connectivity index (χ2n) is 6.08. The SMILES string of the molecule is COC(=O)c1[nH]c2ccc(C)cc2c1NC(=O)[C@@]1(C)CC1(Br)Br. The fourth-order valence-electron chi connectivity index (χ4n) is 2.59. The van der Waals surface area contributed by atoms with Crippen LogP contribution >= 0.6 is 31.9 Å². The summed E-state index contributed by atoms with van der Waals surface area (Å²) >= 11 is 6.98. The number of aryl methyl sites for hydroxylation is 1. The third kappa shape index (κ3) is 2.59. The average molecular weight is 444 g/mol. The van der Waals surface area contributed by atoms with Gasteiger partial charge in [-0.3, -0.25) is 4.79 Å². The first kappa shape index (κ1) is 16.5. The number of hydrogen-bond donors (Lipinski definition) is 2. The number of aromatic amines is 1. The fraction of sp³-hybridized carbons (Fsp3) is 0.375. The molecule has 7 heteroatoms. The van der Waals surface area contributed by atoms with Crippen molar-refractivity contribution in [3.63, 3.8) is 0 Å². The number of carbonyl (C=O) groups is 2. The second kappa shape index (κ2) is 5.34. The van der Waals surface area contributed by atoms with Gasteiger partial charge in [-0.1, -0.05) is 43.5 Å². The Morgan fingerprint density at radius 1 is 1.35 bits per heavy atom. The second-order valence-corrected chi connectivity index (χ2v) is 9.85. The highest BCUT2D eigenvalue weighted by atomic mass is 79.9. The van der Waals surface area contributed by atoms with E-state index in [9.17, 15) is 9.59 Å². The number of hydrogen-bond acceptors (Lipinski definition) is 3. The van der Waals surface area contributed by atoms with Crippen LogP contribution in [0.3, 0.4) is 0 Å². The number of benzene rings is 1. The lowest BCUT2D eigenvalue weighted by atomic mass is 10.1. The first-order valence-corrected chi connectivity index (χ1v) is 8.68. The maximum atomic E-state index is 12.7. The van der Waals surface area contributed by atoms with Crippen molar-refractivity contribution in [2.75, 3.05) is 12.4 Å². The van der Waals surface area contributed by atoms with E-state index in [0.29, 0.717) is 12.1 Å². The first-order valence-electron chi connectivity index (χ1n) is 7.09. The molecule has 23 heavy (non-hydrogen) atoms. The molecule has 0 aliphatic heterocycles. The van der Waals surface area contributed by atoms with Gasteiger partial charge in [-0.25, -0.2) is 4.79 Å². The molecule has 1 atom stereocenters. The zero-order valence-corrected chi connectivity index (χ0v) is 16.1. The van der Waals surface area contributed by atoms with Gasteiger partial charge in [-0.05, 0) is 32.4 Å². The normalized spacial score (nSPS) is 22.0. The number of ether oxygens (including phenoxy) is 1. The van der Waals surface area contributed by atoms with Gasteiger partial charge < -0.3 is 15.0 Å². The predicted molar refractivity (Wildman–Crippen MR) is 96.3 cm³/mol. The number of anilines is 1. The van der Waals surface area contributed by atoms with E-state index in [1.165, 1.54) is 7.11 Å². The van der Waals surface area contributed by atoms with Crippen LogP contribution in [0.15, 0.2) is 18.2 Å².